The van der Waals surface area contributed by atoms with Crippen LogP contribution >= 0.6 is 11.8 Å². The zero-order valence-corrected chi connectivity index (χ0v) is 14.4. The number of ether oxygens (including phenoxy) is 1. The predicted octanol–water partition coefficient (Wildman–Crippen LogP) is 1.05. The number of carbonyl (C=O) groups excluding carboxylic acids is 1. The van der Waals surface area contributed by atoms with Crippen LogP contribution in [0, 0.1) is 0 Å². The zero-order chi connectivity index (χ0) is 16.8. The molecule has 1 heterocycles. The summed E-state index contributed by atoms with van der Waals surface area (Å²) >= 11 is 1.44. The van der Waals surface area contributed by atoms with E-state index in [1.165, 1.54) is 25.8 Å². The largest absolute Gasteiger partial charge is 0.386 e. The highest BCUT2D eigenvalue weighted by Crippen LogP contribution is 2.54. The number of Topliss-reactive ketones (excluding diaryl/α,β-unsaturated/α-hetero) is 1. The Bertz CT molecular complexity index is 485. The molecular formula is C16H26O5S. The van der Waals surface area contributed by atoms with Crippen molar-refractivity contribution in [1.82, 2.24) is 0 Å². The molecule has 5 atom stereocenters. The smallest absolute Gasteiger partial charge is 0.164 e. The van der Waals surface area contributed by atoms with Gasteiger partial charge in [-0.1, -0.05) is 11.6 Å². The molecule has 1 saturated heterocycles. The second-order valence-electron chi connectivity index (χ2n) is 6.84. The molecular weight excluding hydrogens is 304 g/mol. The first-order valence-corrected chi connectivity index (χ1v) is 8.62. The van der Waals surface area contributed by atoms with Crippen molar-refractivity contribution in [3.63, 3.8) is 0 Å². The van der Waals surface area contributed by atoms with Gasteiger partial charge in [-0.25, -0.2) is 0 Å². The molecule has 0 aromatic heterocycles. The minimum atomic E-state index is -2.00. The molecule has 1 saturated carbocycles. The summed E-state index contributed by atoms with van der Waals surface area (Å²) in [6, 6.07) is 0. The maximum Gasteiger partial charge on any atom is 0.164 e. The van der Waals surface area contributed by atoms with Gasteiger partial charge in [0.15, 0.2) is 11.4 Å². The topological polar surface area (TPSA) is 87.0 Å². The molecule has 0 bridgehead atoms. The van der Waals surface area contributed by atoms with Crippen LogP contribution in [0.2, 0.25) is 0 Å². The van der Waals surface area contributed by atoms with E-state index in [0.29, 0.717) is 6.42 Å². The highest BCUT2D eigenvalue weighted by atomic mass is 32.2. The molecule has 2 rings (SSSR count). The van der Waals surface area contributed by atoms with E-state index in [9.17, 15) is 20.1 Å². The molecule has 1 aliphatic heterocycles. The monoisotopic (exact) mass is 330 g/mol. The van der Waals surface area contributed by atoms with Crippen molar-refractivity contribution in [3.05, 3.63) is 11.6 Å². The van der Waals surface area contributed by atoms with Crippen LogP contribution in [0.4, 0.5) is 0 Å². The molecule has 5 unspecified atom stereocenters. The van der Waals surface area contributed by atoms with Gasteiger partial charge in [-0.05, 0) is 33.6 Å². The molecule has 5 nitrogen and oxygen atoms in total. The minimum absolute atomic E-state index is 0.140. The Morgan fingerprint density at radius 2 is 2.05 bits per heavy atom. The van der Waals surface area contributed by atoms with Crippen LogP contribution in [0.25, 0.3) is 0 Å². The summed E-state index contributed by atoms with van der Waals surface area (Å²) in [6.07, 6.45) is 1.62. The zero-order valence-electron chi connectivity index (χ0n) is 13.6. The summed E-state index contributed by atoms with van der Waals surface area (Å²) < 4.78 is 5.21. The van der Waals surface area contributed by atoms with E-state index in [4.69, 9.17) is 4.74 Å². The Hall–Kier alpha value is -0.400. The third-order valence-corrected chi connectivity index (χ3v) is 6.76. The van der Waals surface area contributed by atoms with Crippen LogP contribution in [-0.4, -0.2) is 62.1 Å². The quantitative estimate of drug-likeness (QED) is 0.671. The fraction of sp³-hybridized carbons (Fsp3) is 0.812. The third-order valence-electron chi connectivity index (χ3n) is 5.06. The van der Waals surface area contributed by atoms with Gasteiger partial charge in [0.05, 0.1) is 0 Å². The molecule has 1 aliphatic carbocycles. The molecule has 126 valence electrons. The van der Waals surface area contributed by atoms with Gasteiger partial charge < -0.3 is 20.1 Å². The van der Waals surface area contributed by atoms with Crippen LogP contribution in [-0.2, 0) is 9.53 Å². The molecule has 3 N–H and O–H groups in total. The fourth-order valence-corrected chi connectivity index (χ4v) is 5.21. The highest BCUT2D eigenvalue weighted by molar-refractivity contribution is 8.00. The lowest BCUT2D eigenvalue weighted by molar-refractivity contribution is -0.284. The molecule has 0 aromatic rings. The Kier molecular flexibility index (Phi) is 4.82. The molecule has 0 spiro atoms. The standard InChI is InChI=1S/C16H26O5S/c1-10(2)5-6-12-14(3,18)16(20)13(21-4)11(17)7-8-15(16,19)9-22-12/h5,12-13,18-20H,6-9H2,1-4H3. The van der Waals surface area contributed by atoms with Gasteiger partial charge in [0.1, 0.15) is 17.3 Å². The fourth-order valence-electron chi connectivity index (χ4n) is 3.64. The number of methoxy groups -OCH3 is 1. The SMILES string of the molecule is COC1C(=O)CCC2(O)CSC(CC=C(C)C)C(C)(O)C12O. The number of carbonyl (C=O) groups is 1. The minimum Gasteiger partial charge on any atom is -0.386 e. The van der Waals surface area contributed by atoms with Gasteiger partial charge in [-0.3, -0.25) is 4.79 Å². The molecule has 0 amide bonds. The average molecular weight is 330 g/mol. The lowest BCUT2D eigenvalue weighted by Gasteiger charge is -2.61. The maximum absolute atomic E-state index is 12.2. The predicted molar refractivity (Wildman–Crippen MR) is 85.9 cm³/mol. The van der Waals surface area contributed by atoms with E-state index in [1.54, 1.807) is 0 Å². The van der Waals surface area contributed by atoms with Gasteiger partial charge in [-0.2, -0.15) is 11.8 Å². The average Bonchev–Trinajstić information content (AvgIpc) is 2.42. The molecule has 2 fully saturated rings. The molecule has 0 aromatic carbocycles. The van der Waals surface area contributed by atoms with E-state index in [2.05, 4.69) is 0 Å². The number of hydrogen-bond acceptors (Lipinski definition) is 6. The van der Waals surface area contributed by atoms with E-state index < -0.39 is 22.9 Å². The third kappa shape index (κ3) is 2.45. The van der Waals surface area contributed by atoms with Crippen molar-refractivity contribution in [2.24, 2.45) is 0 Å². The molecule has 0 radical (unpaired) electrons. The van der Waals surface area contributed by atoms with Crippen molar-refractivity contribution in [1.29, 1.82) is 0 Å². The molecule has 22 heavy (non-hydrogen) atoms. The number of fused-ring (bicyclic) bond motifs is 1. The lowest BCUT2D eigenvalue weighted by Crippen LogP contribution is -2.81. The van der Waals surface area contributed by atoms with Crippen LogP contribution in [0.5, 0.6) is 0 Å². The van der Waals surface area contributed by atoms with Crippen molar-refractivity contribution < 1.29 is 24.9 Å². The van der Waals surface area contributed by atoms with Crippen LogP contribution in [0.15, 0.2) is 11.6 Å². The van der Waals surface area contributed by atoms with Crippen molar-refractivity contribution in [2.75, 3.05) is 12.9 Å². The van der Waals surface area contributed by atoms with E-state index in [-0.39, 0.29) is 29.6 Å². The molecule has 6 heteroatoms. The van der Waals surface area contributed by atoms with Crippen LogP contribution < -0.4 is 0 Å². The number of allylic oxidation sites excluding steroid dienone is 2. The van der Waals surface area contributed by atoms with Gasteiger partial charge in [-0.15, -0.1) is 0 Å². The summed E-state index contributed by atoms with van der Waals surface area (Å²) in [4.78, 5) is 12.2. The van der Waals surface area contributed by atoms with Crippen molar-refractivity contribution in [3.8, 4) is 0 Å². The summed E-state index contributed by atoms with van der Waals surface area (Å²) in [5.74, 6) is -0.00329. The van der Waals surface area contributed by atoms with E-state index >= 15 is 0 Å². The van der Waals surface area contributed by atoms with Crippen LogP contribution in [0.1, 0.15) is 40.0 Å². The summed E-state index contributed by atoms with van der Waals surface area (Å²) in [6.45, 7) is 5.43. The van der Waals surface area contributed by atoms with Gasteiger partial charge >= 0.3 is 0 Å². The second kappa shape index (κ2) is 5.91. The van der Waals surface area contributed by atoms with Crippen LogP contribution in [0.3, 0.4) is 0 Å². The first kappa shape index (κ1) is 17.9. The summed E-state index contributed by atoms with van der Waals surface area (Å²) in [5.41, 5.74) is -4.06. The normalized spacial score (nSPS) is 45.3. The van der Waals surface area contributed by atoms with E-state index in [1.807, 2.05) is 19.9 Å². The van der Waals surface area contributed by atoms with Crippen molar-refractivity contribution in [2.45, 2.75) is 68.2 Å². The summed E-state index contributed by atoms with van der Waals surface area (Å²) in [5, 5.41) is 33.0. The summed E-state index contributed by atoms with van der Waals surface area (Å²) in [7, 11) is 1.33. The maximum atomic E-state index is 12.2. The van der Waals surface area contributed by atoms with Gasteiger partial charge in [0.2, 0.25) is 0 Å². The Morgan fingerprint density at radius 3 is 2.59 bits per heavy atom. The number of ketones is 1. The number of aliphatic hydroxyl groups is 3. The number of hydrogen-bond donors (Lipinski definition) is 3. The Balaban J connectivity index is 2.45. The molecule has 2 aliphatic rings. The van der Waals surface area contributed by atoms with Gasteiger partial charge in [0, 0.05) is 24.5 Å². The number of rotatable bonds is 3. The lowest BCUT2D eigenvalue weighted by atomic mass is 9.60. The second-order valence-corrected chi connectivity index (χ2v) is 8.04. The highest BCUT2D eigenvalue weighted by Gasteiger charge is 2.71. The van der Waals surface area contributed by atoms with Crippen molar-refractivity contribution >= 4 is 17.5 Å². The van der Waals surface area contributed by atoms with Gasteiger partial charge in [0.25, 0.3) is 0 Å². The first-order chi connectivity index (χ1) is 10.1. The Labute approximate surface area is 135 Å². The Morgan fingerprint density at radius 1 is 1.41 bits per heavy atom. The first-order valence-electron chi connectivity index (χ1n) is 7.58. The number of thioether (sulfide) groups is 1. The van der Waals surface area contributed by atoms with E-state index in [0.717, 1.165) is 5.57 Å².